The molecule has 25 heavy (non-hydrogen) atoms. The number of benzene rings is 1. The molecule has 1 saturated heterocycles. The van der Waals surface area contributed by atoms with Crippen LogP contribution in [-0.2, 0) is 0 Å². The third-order valence-electron chi connectivity index (χ3n) is 4.18. The van der Waals surface area contributed by atoms with Crippen molar-refractivity contribution in [3.8, 4) is 11.3 Å². The molecule has 0 aliphatic carbocycles. The van der Waals surface area contributed by atoms with E-state index in [2.05, 4.69) is 49.9 Å². The van der Waals surface area contributed by atoms with Crippen molar-refractivity contribution in [3.63, 3.8) is 0 Å². The zero-order chi connectivity index (χ0) is 17.6. The van der Waals surface area contributed by atoms with Crippen LogP contribution in [0, 0.1) is 6.92 Å². The molecular formula is C19H23N5S. The molecule has 0 bridgehead atoms. The molecule has 1 fully saturated rings. The highest BCUT2D eigenvalue weighted by Gasteiger charge is 2.20. The number of aromatic nitrogens is 2. The van der Waals surface area contributed by atoms with Crippen LogP contribution < -0.4 is 10.2 Å². The monoisotopic (exact) mass is 353 g/mol. The van der Waals surface area contributed by atoms with Gasteiger partial charge >= 0.3 is 0 Å². The smallest absolute Gasteiger partial charge is 0.169 e. The summed E-state index contributed by atoms with van der Waals surface area (Å²) < 4.78 is 0. The molecule has 0 radical (unpaired) electrons. The van der Waals surface area contributed by atoms with E-state index in [0.29, 0.717) is 6.54 Å². The summed E-state index contributed by atoms with van der Waals surface area (Å²) in [5.41, 5.74) is 2.08. The fourth-order valence-electron chi connectivity index (χ4n) is 2.88. The van der Waals surface area contributed by atoms with Crippen molar-refractivity contribution in [2.75, 3.05) is 37.6 Å². The maximum absolute atomic E-state index is 5.42. The van der Waals surface area contributed by atoms with Gasteiger partial charge < -0.3 is 15.1 Å². The van der Waals surface area contributed by atoms with E-state index in [4.69, 9.17) is 12.2 Å². The molecule has 6 heteroatoms. The van der Waals surface area contributed by atoms with E-state index < -0.39 is 0 Å². The summed E-state index contributed by atoms with van der Waals surface area (Å²) in [6, 6.07) is 12.3. The second-order valence-corrected chi connectivity index (χ2v) is 6.36. The molecule has 0 amide bonds. The van der Waals surface area contributed by atoms with E-state index in [-0.39, 0.29) is 0 Å². The minimum absolute atomic E-state index is 0.699. The summed E-state index contributed by atoms with van der Waals surface area (Å²) in [7, 11) is 0. The highest BCUT2D eigenvalue weighted by molar-refractivity contribution is 7.80. The third kappa shape index (κ3) is 4.33. The fourth-order valence-corrected chi connectivity index (χ4v) is 3.15. The van der Waals surface area contributed by atoms with Crippen LogP contribution in [0.2, 0.25) is 0 Å². The normalized spacial score (nSPS) is 14.3. The Balaban J connectivity index is 1.70. The lowest BCUT2D eigenvalue weighted by molar-refractivity contribution is 0.380. The molecule has 5 nitrogen and oxygen atoms in total. The molecule has 0 unspecified atom stereocenters. The predicted octanol–water partition coefficient (Wildman–Crippen LogP) is 2.63. The van der Waals surface area contributed by atoms with Crippen molar-refractivity contribution in [1.82, 2.24) is 20.2 Å². The molecule has 3 rings (SSSR count). The summed E-state index contributed by atoms with van der Waals surface area (Å²) in [5, 5.41) is 3.99. The Bertz CT molecular complexity index is 739. The van der Waals surface area contributed by atoms with Crippen LogP contribution in [0.5, 0.6) is 0 Å². The number of nitrogens with one attached hydrogen (secondary N) is 1. The Morgan fingerprint density at radius 3 is 2.60 bits per heavy atom. The molecule has 0 saturated carbocycles. The second-order valence-electron chi connectivity index (χ2n) is 5.97. The first-order chi connectivity index (χ1) is 12.2. The van der Waals surface area contributed by atoms with Crippen LogP contribution >= 0.6 is 12.2 Å². The molecule has 2 heterocycles. The maximum atomic E-state index is 5.42. The zero-order valence-electron chi connectivity index (χ0n) is 14.5. The Morgan fingerprint density at radius 2 is 1.92 bits per heavy atom. The van der Waals surface area contributed by atoms with Crippen LogP contribution in [-0.4, -0.2) is 52.7 Å². The van der Waals surface area contributed by atoms with Crippen molar-refractivity contribution in [2.24, 2.45) is 0 Å². The number of piperazine rings is 1. The number of hydrogen-bond acceptors (Lipinski definition) is 4. The molecule has 130 valence electrons. The van der Waals surface area contributed by atoms with Crippen LogP contribution in [0.3, 0.4) is 0 Å². The van der Waals surface area contributed by atoms with Crippen LogP contribution in [0.1, 0.15) is 5.82 Å². The summed E-state index contributed by atoms with van der Waals surface area (Å²) in [6.07, 6.45) is 1.82. The third-order valence-corrected chi connectivity index (χ3v) is 4.59. The lowest BCUT2D eigenvalue weighted by atomic mass is 10.1. The lowest BCUT2D eigenvalue weighted by Crippen LogP contribution is -2.52. The van der Waals surface area contributed by atoms with E-state index in [1.165, 1.54) is 0 Å². The Hall–Kier alpha value is -2.47. The number of hydrogen-bond donors (Lipinski definition) is 1. The van der Waals surface area contributed by atoms with Crippen LogP contribution in [0.15, 0.2) is 49.1 Å². The highest BCUT2D eigenvalue weighted by atomic mass is 32.1. The van der Waals surface area contributed by atoms with Gasteiger partial charge in [-0.15, -0.1) is 6.58 Å². The molecule has 1 aliphatic rings. The Labute approximate surface area is 154 Å². The summed E-state index contributed by atoms with van der Waals surface area (Å²) >= 11 is 5.42. The molecule has 2 aromatic rings. The van der Waals surface area contributed by atoms with Crippen molar-refractivity contribution in [1.29, 1.82) is 0 Å². The molecule has 1 aliphatic heterocycles. The molecule has 1 aromatic heterocycles. The van der Waals surface area contributed by atoms with Gasteiger partial charge in [-0.1, -0.05) is 36.4 Å². The van der Waals surface area contributed by atoms with Gasteiger partial charge in [0, 0.05) is 44.4 Å². The lowest BCUT2D eigenvalue weighted by Gasteiger charge is -2.36. The van der Waals surface area contributed by atoms with E-state index in [1.54, 1.807) is 0 Å². The van der Waals surface area contributed by atoms with Gasteiger partial charge in [0.05, 0.1) is 5.69 Å². The topological polar surface area (TPSA) is 44.3 Å². The number of nitrogens with zero attached hydrogens (tertiary/aromatic N) is 4. The quantitative estimate of drug-likeness (QED) is 0.673. The van der Waals surface area contributed by atoms with Gasteiger partial charge in [-0.3, -0.25) is 0 Å². The maximum Gasteiger partial charge on any atom is 0.169 e. The fraction of sp³-hybridized carbons (Fsp3) is 0.316. The number of anilines is 1. The zero-order valence-corrected chi connectivity index (χ0v) is 15.3. The highest BCUT2D eigenvalue weighted by Crippen LogP contribution is 2.22. The first-order valence-electron chi connectivity index (χ1n) is 8.47. The van der Waals surface area contributed by atoms with Gasteiger partial charge in [0.25, 0.3) is 0 Å². The van der Waals surface area contributed by atoms with Crippen LogP contribution in [0.25, 0.3) is 11.3 Å². The average Bonchev–Trinajstić information content (AvgIpc) is 2.66. The summed E-state index contributed by atoms with van der Waals surface area (Å²) in [4.78, 5) is 13.7. The number of aryl methyl sites for hydroxylation is 1. The van der Waals surface area contributed by atoms with Gasteiger partial charge in [-0.25, -0.2) is 9.97 Å². The molecule has 1 aromatic carbocycles. The van der Waals surface area contributed by atoms with Gasteiger partial charge in [0.1, 0.15) is 11.6 Å². The van der Waals surface area contributed by atoms with Gasteiger partial charge in [-0.2, -0.15) is 0 Å². The number of rotatable bonds is 4. The van der Waals surface area contributed by atoms with Gasteiger partial charge in [0.15, 0.2) is 5.11 Å². The van der Waals surface area contributed by atoms with Crippen molar-refractivity contribution in [2.45, 2.75) is 6.92 Å². The van der Waals surface area contributed by atoms with Crippen molar-refractivity contribution >= 4 is 23.1 Å². The van der Waals surface area contributed by atoms with Gasteiger partial charge in [-0.05, 0) is 19.1 Å². The molecular weight excluding hydrogens is 330 g/mol. The first kappa shape index (κ1) is 17.4. The second kappa shape index (κ2) is 8.07. The molecule has 1 N–H and O–H groups in total. The average molecular weight is 353 g/mol. The van der Waals surface area contributed by atoms with Crippen LogP contribution in [0.4, 0.5) is 5.82 Å². The summed E-state index contributed by atoms with van der Waals surface area (Å²) in [6.45, 7) is 9.89. The minimum atomic E-state index is 0.699. The molecule has 0 atom stereocenters. The van der Waals surface area contributed by atoms with E-state index in [1.807, 2.05) is 31.2 Å². The van der Waals surface area contributed by atoms with Gasteiger partial charge in [0.2, 0.25) is 0 Å². The minimum Gasteiger partial charge on any atom is -0.359 e. The SMILES string of the molecule is C=CCNC(=S)N1CCN(c2cc(-c3ccccc3)nc(C)n2)CC1. The largest absolute Gasteiger partial charge is 0.359 e. The van der Waals surface area contributed by atoms with E-state index >= 15 is 0 Å². The Morgan fingerprint density at radius 1 is 1.20 bits per heavy atom. The first-order valence-corrected chi connectivity index (χ1v) is 8.88. The summed E-state index contributed by atoms with van der Waals surface area (Å²) in [5.74, 6) is 1.78. The van der Waals surface area contributed by atoms with E-state index in [0.717, 1.165) is 54.2 Å². The molecule has 0 spiro atoms. The Kier molecular flexibility index (Phi) is 5.60. The standard InChI is InChI=1S/C19H23N5S/c1-3-9-20-19(25)24-12-10-23(11-13-24)18-14-17(21-15(2)22-18)16-7-5-4-6-8-16/h3-8,14H,1,9-13H2,2H3,(H,20,25). The van der Waals surface area contributed by atoms with Crippen molar-refractivity contribution in [3.05, 3.63) is 54.9 Å². The van der Waals surface area contributed by atoms with E-state index in [9.17, 15) is 0 Å². The number of thiocarbonyl (C=S) groups is 1. The van der Waals surface area contributed by atoms with Crippen molar-refractivity contribution < 1.29 is 0 Å². The predicted molar refractivity (Wildman–Crippen MR) is 107 cm³/mol.